The van der Waals surface area contributed by atoms with E-state index in [4.69, 9.17) is 4.74 Å². The van der Waals surface area contributed by atoms with Crippen LogP contribution in [0.25, 0.3) is 0 Å². The van der Waals surface area contributed by atoms with Crippen LogP contribution in [0.4, 0.5) is 15.8 Å². The zero-order valence-corrected chi connectivity index (χ0v) is 11.2. The van der Waals surface area contributed by atoms with E-state index in [9.17, 15) is 4.39 Å². The highest BCUT2D eigenvalue weighted by atomic mass is 19.1. The van der Waals surface area contributed by atoms with Crippen LogP contribution in [-0.4, -0.2) is 39.3 Å². The molecule has 2 N–H and O–H groups in total. The van der Waals surface area contributed by atoms with Crippen LogP contribution < -0.4 is 20.3 Å². The van der Waals surface area contributed by atoms with Gasteiger partial charge in [-0.25, -0.2) is 4.39 Å². The number of hydrogen-bond donors (Lipinski definition) is 2. The lowest BCUT2D eigenvalue weighted by Gasteiger charge is -2.35. The molecule has 2 aliphatic rings. The predicted molar refractivity (Wildman–Crippen MR) is 74.7 cm³/mol. The number of anilines is 2. The van der Waals surface area contributed by atoms with Crippen LogP contribution in [0.1, 0.15) is 12.8 Å². The zero-order valence-electron chi connectivity index (χ0n) is 11.2. The molecule has 104 valence electrons. The van der Waals surface area contributed by atoms with Gasteiger partial charge in [-0.3, -0.25) is 0 Å². The van der Waals surface area contributed by atoms with E-state index in [0.29, 0.717) is 24.1 Å². The van der Waals surface area contributed by atoms with E-state index in [1.54, 1.807) is 6.07 Å². The van der Waals surface area contributed by atoms with Crippen molar-refractivity contribution in [3.63, 3.8) is 0 Å². The summed E-state index contributed by atoms with van der Waals surface area (Å²) in [7, 11) is 1.98. The predicted octanol–water partition coefficient (Wildman–Crippen LogP) is 1.82. The highest BCUT2D eigenvalue weighted by Crippen LogP contribution is 2.40. The molecule has 0 saturated carbocycles. The van der Waals surface area contributed by atoms with Crippen molar-refractivity contribution in [3.8, 4) is 5.75 Å². The van der Waals surface area contributed by atoms with Crippen molar-refractivity contribution in [2.75, 3.05) is 43.5 Å². The number of benzene rings is 1. The molecule has 2 aliphatic heterocycles. The summed E-state index contributed by atoms with van der Waals surface area (Å²) >= 11 is 0. The van der Waals surface area contributed by atoms with Crippen LogP contribution in [0.3, 0.4) is 0 Å². The van der Waals surface area contributed by atoms with Gasteiger partial charge in [0.15, 0.2) is 5.75 Å². The Balaban J connectivity index is 1.88. The van der Waals surface area contributed by atoms with Crippen molar-refractivity contribution in [2.24, 2.45) is 0 Å². The second-order valence-corrected chi connectivity index (χ2v) is 5.10. The molecule has 1 fully saturated rings. The molecule has 3 rings (SSSR count). The molecule has 0 atom stereocenters. The normalized spacial score (nSPS) is 19.6. The summed E-state index contributed by atoms with van der Waals surface area (Å²) in [6.07, 6.45) is 2.07. The van der Waals surface area contributed by atoms with Gasteiger partial charge in [0, 0.05) is 25.7 Å². The number of halogens is 1. The highest BCUT2D eigenvalue weighted by molar-refractivity contribution is 5.73. The average Bonchev–Trinajstić information content (AvgIpc) is 2.47. The molecule has 0 bridgehead atoms. The fourth-order valence-corrected chi connectivity index (χ4v) is 2.86. The monoisotopic (exact) mass is 265 g/mol. The molecule has 1 aromatic carbocycles. The summed E-state index contributed by atoms with van der Waals surface area (Å²) in [4.78, 5) is 2.11. The fraction of sp³-hybridized carbons (Fsp3) is 0.571. The Morgan fingerprint density at radius 2 is 2.16 bits per heavy atom. The maximum atomic E-state index is 14.2. The first-order valence-corrected chi connectivity index (χ1v) is 6.91. The first-order chi connectivity index (χ1) is 9.29. The molecule has 2 heterocycles. The van der Waals surface area contributed by atoms with Crippen molar-refractivity contribution in [1.82, 2.24) is 5.32 Å². The summed E-state index contributed by atoms with van der Waals surface area (Å²) in [5.41, 5.74) is 1.53. The largest absolute Gasteiger partial charge is 0.487 e. The lowest BCUT2D eigenvalue weighted by Crippen LogP contribution is -2.41. The van der Waals surface area contributed by atoms with Crippen LogP contribution in [0.5, 0.6) is 5.75 Å². The lowest BCUT2D eigenvalue weighted by molar-refractivity contribution is 0.320. The summed E-state index contributed by atoms with van der Waals surface area (Å²) in [6.45, 7) is 3.10. The molecular formula is C14H20FN3O. The molecule has 4 nitrogen and oxygen atoms in total. The Morgan fingerprint density at radius 3 is 2.89 bits per heavy atom. The third kappa shape index (κ3) is 2.34. The standard InChI is InChI=1S/C14H20FN3O/c1-16-10-4-7-18(8-5-10)13-11(15)2-3-12-14(13)19-9-6-17-12/h2-3,10,16-17H,4-9H2,1H3. The number of nitrogens with zero attached hydrogens (tertiary/aromatic N) is 1. The summed E-state index contributed by atoms with van der Waals surface area (Å²) in [5.74, 6) is 0.486. The summed E-state index contributed by atoms with van der Waals surface area (Å²) in [6, 6.07) is 3.83. The van der Waals surface area contributed by atoms with Crippen molar-refractivity contribution < 1.29 is 9.13 Å². The maximum Gasteiger partial charge on any atom is 0.168 e. The quantitative estimate of drug-likeness (QED) is 0.855. The summed E-state index contributed by atoms with van der Waals surface area (Å²) in [5, 5.41) is 6.55. The van der Waals surface area contributed by atoms with E-state index >= 15 is 0 Å². The lowest BCUT2D eigenvalue weighted by atomic mass is 10.0. The van der Waals surface area contributed by atoms with E-state index < -0.39 is 0 Å². The van der Waals surface area contributed by atoms with Crippen LogP contribution in [0.2, 0.25) is 0 Å². The average molecular weight is 265 g/mol. The van der Waals surface area contributed by atoms with Gasteiger partial charge in [0.2, 0.25) is 0 Å². The Bertz CT molecular complexity index is 458. The maximum absolute atomic E-state index is 14.2. The zero-order chi connectivity index (χ0) is 13.2. The number of fused-ring (bicyclic) bond motifs is 1. The number of hydrogen-bond acceptors (Lipinski definition) is 4. The molecule has 5 heteroatoms. The van der Waals surface area contributed by atoms with Gasteiger partial charge in [-0.1, -0.05) is 0 Å². The third-order valence-corrected chi connectivity index (χ3v) is 3.97. The van der Waals surface area contributed by atoms with Gasteiger partial charge in [0.05, 0.1) is 5.69 Å². The van der Waals surface area contributed by atoms with Gasteiger partial charge in [-0.2, -0.15) is 0 Å². The minimum absolute atomic E-state index is 0.189. The fourth-order valence-electron chi connectivity index (χ4n) is 2.86. The number of rotatable bonds is 2. The Labute approximate surface area is 112 Å². The van der Waals surface area contributed by atoms with E-state index in [1.165, 1.54) is 6.07 Å². The van der Waals surface area contributed by atoms with Crippen LogP contribution in [0.15, 0.2) is 12.1 Å². The Kier molecular flexibility index (Phi) is 3.46. The second-order valence-electron chi connectivity index (χ2n) is 5.10. The molecule has 0 aromatic heterocycles. The van der Waals surface area contributed by atoms with Crippen molar-refractivity contribution in [3.05, 3.63) is 17.9 Å². The minimum Gasteiger partial charge on any atom is -0.487 e. The molecule has 0 unspecified atom stereocenters. The van der Waals surface area contributed by atoms with Crippen LogP contribution in [-0.2, 0) is 0 Å². The first-order valence-electron chi connectivity index (χ1n) is 6.91. The number of piperidine rings is 1. The van der Waals surface area contributed by atoms with Crippen molar-refractivity contribution in [2.45, 2.75) is 18.9 Å². The molecule has 0 aliphatic carbocycles. The Morgan fingerprint density at radius 1 is 1.37 bits per heavy atom. The van der Waals surface area contributed by atoms with Crippen LogP contribution in [0, 0.1) is 5.82 Å². The third-order valence-electron chi connectivity index (χ3n) is 3.97. The SMILES string of the molecule is CNC1CCN(c2c(F)ccc3c2OCCN3)CC1. The van der Waals surface area contributed by atoms with E-state index in [0.717, 1.165) is 38.2 Å². The molecule has 1 saturated heterocycles. The second kappa shape index (κ2) is 5.25. The molecule has 19 heavy (non-hydrogen) atoms. The van der Waals surface area contributed by atoms with Crippen molar-refractivity contribution >= 4 is 11.4 Å². The van der Waals surface area contributed by atoms with Crippen molar-refractivity contribution in [1.29, 1.82) is 0 Å². The van der Waals surface area contributed by atoms with E-state index in [2.05, 4.69) is 15.5 Å². The minimum atomic E-state index is -0.189. The number of ether oxygens (including phenoxy) is 1. The van der Waals surface area contributed by atoms with Gasteiger partial charge in [-0.05, 0) is 32.0 Å². The molecule has 0 radical (unpaired) electrons. The van der Waals surface area contributed by atoms with Gasteiger partial charge >= 0.3 is 0 Å². The van der Waals surface area contributed by atoms with Gasteiger partial charge < -0.3 is 20.3 Å². The first kappa shape index (κ1) is 12.5. The smallest absolute Gasteiger partial charge is 0.168 e. The van der Waals surface area contributed by atoms with Gasteiger partial charge in [-0.15, -0.1) is 0 Å². The van der Waals surface area contributed by atoms with Gasteiger partial charge in [0.1, 0.15) is 18.1 Å². The summed E-state index contributed by atoms with van der Waals surface area (Å²) < 4.78 is 19.9. The van der Waals surface area contributed by atoms with E-state index in [1.807, 2.05) is 7.05 Å². The number of nitrogens with one attached hydrogen (secondary N) is 2. The van der Waals surface area contributed by atoms with E-state index in [-0.39, 0.29) is 5.82 Å². The molecule has 0 spiro atoms. The molecule has 0 amide bonds. The molecular weight excluding hydrogens is 245 g/mol. The van der Waals surface area contributed by atoms with Crippen LogP contribution >= 0.6 is 0 Å². The van der Waals surface area contributed by atoms with Gasteiger partial charge in [0.25, 0.3) is 0 Å². The topological polar surface area (TPSA) is 36.5 Å². The Hall–Kier alpha value is -1.49. The molecule has 1 aromatic rings. The highest BCUT2D eigenvalue weighted by Gasteiger charge is 2.26.